The zero-order chi connectivity index (χ0) is 26.9. The van der Waals surface area contributed by atoms with Crippen LogP contribution in [0, 0.1) is 17.8 Å². The van der Waals surface area contributed by atoms with Crippen molar-refractivity contribution in [2.75, 3.05) is 20.7 Å². The Morgan fingerprint density at radius 1 is 0.972 bits per heavy atom. The molecule has 0 bridgehead atoms. The number of benzene rings is 2. The minimum absolute atomic E-state index is 0.0185. The fourth-order valence-corrected chi connectivity index (χ4v) is 6.09. The summed E-state index contributed by atoms with van der Waals surface area (Å²) in [6.07, 6.45) is 4.97. The van der Waals surface area contributed by atoms with Crippen molar-refractivity contribution in [1.82, 2.24) is 4.90 Å². The summed E-state index contributed by atoms with van der Waals surface area (Å²) < 4.78 is 6.34. The largest absolute Gasteiger partial charge is 0.504 e. The minimum Gasteiger partial charge on any atom is -0.504 e. The number of nitrogens with zero attached hydrogens (tertiary/aromatic N) is 1. The van der Waals surface area contributed by atoms with Crippen LogP contribution in [0.3, 0.4) is 0 Å². The van der Waals surface area contributed by atoms with Gasteiger partial charge in [0.25, 0.3) is 0 Å². The maximum Gasteiger partial charge on any atom is 0.161 e. The van der Waals surface area contributed by atoms with E-state index in [4.69, 9.17) is 4.74 Å². The smallest absolute Gasteiger partial charge is 0.161 e. The van der Waals surface area contributed by atoms with Gasteiger partial charge in [-0.2, -0.15) is 0 Å². The molecule has 0 aliphatic heterocycles. The van der Waals surface area contributed by atoms with Crippen LogP contribution >= 0.6 is 0 Å². The molecule has 2 rings (SSSR count). The first kappa shape index (κ1) is 30.2. The molecule has 0 aromatic heterocycles. The third-order valence-corrected chi connectivity index (χ3v) is 8.16. The van der Waals surface area contributed by atoms with E-state index in [9.17, 15) is 10.2 Å². The molecule has 4 atom stereocenters. The highest BCUT2D eigenvalue weighted by atomic mass is 16.5. The molecule has 202 valence electrons. The molecule has 0 radical (unpaired) electrons. The van der Waals surface area contributed by atoms with Gasteiger partial charge in [0.2, 0.25) is 0 Å². The molecule has 2 N–H and O–H groups in total. The fraction of sp³-hybridized carbons (Fsp3) is 0.625. The monoisotopic (exact) mass is 497 g/mol. The Hall–Kier alpha value is -2.04. The Balaban J connectivity index is 2.45. The maximum absolute atomic E-state index is 11.1. The van der Waals surface area contributed by atoms with E-state index in [-0.39, 0.29) is 28.9 Å². The second-order valence-electron chi connectivity index (χ2n) is 11.4. The Kier molecular flexibility index (Phi) is 11.8. The molecule has 36 heavy (non-hydrogen) atoms. The highest BCUT2D eigenvalue weighted by Gasteiger charge is 2.43. The molecular weight excluding hydrogens is 446 g/mol. The average molecular weight is 498 g/mol. The van der Waals surface area contributed by atoms with Crippen molar-refractivity contribution >= 4 is 0 Å². The Morgan fingerprint density at radius 3 is 2.19 bits per heavy atom. The molecule has 0 heterocycles. The number of rotatable bonds is 15. The van der Waals surface area contributed by atoms with E-state index in [1.54, 1.807) is 6.07 Å². The first-order chi connectivity index (χ1) is 17.1. The summed E-state index contributed by atoms with van der Waals surface area (Å²) in [4.78, 5) is 2.42. The first-order valence-electron chi connectivity index (χ1n) is 13.9. The van der Waals surface area contributed by atoms with E-state index in [0.717, 1.165) is 56.3 Å². The van der Waals surface area contributed by atoms with Gasteiger partial charge in [-0.1, -0.05) is 90.8 Å². The SMILES string of the molecule is CCC[C@](C)(c1c(CC)ccc(O)c1O)C(C)C(OC)C(CCC(C)C)CN(C)Cc1ccccc1. The van der Waals surface area contributed by atoms with Crippen LogP contribution in [0.25, 0.3) is 0 Å². The quantitative estimate of drug-likeness (QED) is 0.249. The van der Waals surface area contributed by atoms with Crippen molar-refractivity contribution in [1.29, 1.82) is 0 Å². The summed E-state index contributed by atoms with van der Waals surface area (Å²) in [5, 5.41) is 21.6. The molecule has 0 aliphatic rings. The molecular formula is C32H51NO3. The standard InChI is InChI=1S/C32H51NO3/c1-9-20-32(6,29-26(10-2)18-19-28(34)30(29)35)24(5)31(36-8)27(17-16-23(3)4)22-33(7)21-25-14-12-11-13-15-25/h11-15,18-19,23-24,27,31,34-35H,9-10,16-17,20-22H2,1-8H3/t24?,27?,31?,32-/m0/s1. The molecule has 0 fully saturated rings. The molecule has 2 aromatic rings. The summed E-state index contributed by atoms with van der Waals surface area (Å²) in [5.74, 6) is 1.12. The van der Waals surface area contributed by atoms with Crippen LogP contribution in [0.1, 0.15) is 83.9 Å². The molecule has 4 nitrogen and oxygen atoms in total. The lowest BCUT2D eigenvalue weighted by molar-refractivity contribution is -0.0298. The van der Waals surface area contributed by atoms with Crippen molar-refractivity contribution in [3.05, 3.63) is 59.2 Å². The normalized spacial score (nSPS) is 16.2. The number of hydrogen-bond acceptors (Lipinski definition) is 4. The lowest BCUT2D eigenvalue weighted by Gasteiger charge is -2.44. The van der Waals surface area contributed by atoms with E-state index in [0.29, 0.717) is 11.8 Å². The summed E-state index contributed by atoms with van der Waals surface area (Å²) >= 11 is 0. The van der Waals surface area contributed by atoms with Crippen LogP contribution in [0.15, 0.2) is 42.5 Å². The molecule has 2 aromatic carbocycles. The van der Waals surface area contributed by atoms with Gasteiger partial charge >= 0.3 is 0 Å². The van der Waals surface area contributed by atoms with Crippen molar-refractivity contribution in [3.63, 3.8) is 0 Å². The molecule has 0 spiro atoms. The predicted molar refractivity (Wildman–Crippen MR) is 152 cm³/mol. The van der Waals surface area contributed by atoms with Gasteiger partial charge in [0.1, 0.15) is 0 Å². The summed E-state index contributed by atoms with van der Waals surface area (Å²) in [5.41, 5.74) is 2.97. The van der Waals surface area contributed by atoms with Gasteiger partial charge in [-0.15, -0.1) is 0 Å². The highest BCUT2D eigenvalue weighted by molar-refractivity contribution is 5.53. The van der Waals surface area contributed by atoms with Crippen LogP contribution in [-0.4, -0.2) is 41.9 Å². The highest BCUT2D eigenvalue weighted by Crippen LogP contribution is 2.48. The average Bonchev–Trinajstić information content (AvgIpc) is 2.84. The number of aryl methyl sites for hydroxylation is 1. The molecule has 0 saturated heterocycles. The minimum atomic E-state index is -0.336. The number of aromatic hydroxyl groups is 2. The second-order valence-corrected chi connectivity index (χ2v) is 11.4. The Morgan fingerprint density at radius 2 is 1.64 bits per heavy atom. The van der Waals surface area contributed by atoms with Crippen LogP contribution in [0.5, 0.6) is 11.5 Å². The molecule has 0 aliphatic carbocycles. The van der Waals surface area contributed by atoms with E-state index < -0.39 is 0 Å². The van der Waals surface area contributed by atoms with Gasteiger partial charge in [0.15, 0.2) is 11.5 Å². The third kappa shape index (κ3) is 7.49. The van der Waals surface area contributed by atoms with E-state index in [1.165, 1.54) is 5.56 Å². The Labute approximate surface area is 220 Å². The van der Waals surface area contributed by atoms with Gasteiger partial charge in [-0.05, 0) is 61.3 Å². The second kappa shape index (κ2) is 14.0. The van der Waals surface area contributed by atoms with Crippen molar-refractivity contribution in [3.8, 4) is 11.5 Å². The summed E-state index contributed by atoms with van der Waals surface area (Å²) in [7, 11) is 4.05. The predicted octanol–water partition coefficient (Wildman–Crippen LogP) is 7.55. The molecule has 0 saturated carbocycles. The Bertz CT molecular complexity index is 913. The van der Waals surface area contributed by atoms with Gasteiger partial charge in [-0.25, -0.2) is 0 Å². The number of phenols is 2. The van der Waals surface area contributed by atoms with Crippen LogP contribution in [0.2, 0.25) is 0 Å². The van der Waals surface area contributed by atoms with Crippen LogP contribution < -0.4 is 0 Å². The van der Waals surface area contributed by atoms with Crippen molar-refractivity contribution in [2.24, 2.45) is 17.8 Å². The lowest BCUT2D eigenvalue weighted by Crippen LogP contribution is -2.45. The summed E-state index contributed by atoms with van der Waals surface area (Å²) in [6.45, 7) is 15.3. The number of methoxy groups -OCH3 is 1. The molecule has 0 amide bonds. The van der Waals surface area contributed by atoms with Gasteiger partial charge in [-0.3, -0.25) is 0 Å². The van der Waals surface area contributed by atoms with E-state index in [2.05, 4.69) is 83.8 Å². The van der Waals surface area contributed by atoms with Crippen molar-refractivity contribution in [2.45, 2.75) is 91.7 Å². The van der Waals surface area contributed by atoms with Crippen LogP contribution in [0.4, 0.5) is 0 Å². The maximum atomic E-state index is 11.1. The number of hydrogen-bond donors (Lipinski definition) is 2. The van der Waals surface area contributed by atoms with Gasteiger partial charge in [0.05, 0.1) is 6.10 Å². The summed E-state index contributed by atoms with van der Waals surface area (Å²) in [6, 6.07) is 14.2. The fourth-order valence-electron chi connectivity index (χ4n) is 6.09. The topological polar surface area (TPSA) is 52.9 Å². The number of phenolic OH excluding ortho intramolecular Hbond substituents is 2. The van der Waals surface area contributed by atoms with Crippen molar-refractivity contribution < 1.29 is 14.9 Å². The molecule has 3 unspecified atom stereocenters. The van der Waals surface area contributed by atoms with Gasteiger partial charge < -0.3 is 19.8 Å². The van der Waals surface area contributed by atoms with E-state index >= 15 is 0 Å². The zero-order valence-corrected chi connectivity index (χ0v) is 24.1. The lowest BCUT2D eigenvalue weighted by atomic mass is 9.63. The van der Waals surface area contributed by atoms with Crippen LogP contribution in [-0.2, 0) is 23.1 Å². The molecule has 4 heteroatoms. The number of ether oxygens (including phenoxy) is 1. The zero-order valence-electron chi connectivity index (χ0n) is 24.1. The van der Waals surface area contributed by atoms with Gasteiger partial charge in [0, 0.05) is 31.2 Å². The van der Waals surface area contributed by atoms with E-state index in [1.807, 2.05) is 13.2 Å². The first-order valence-corrected chi connectivity index (χ1v) is 13.9. The third-order valence-electron chi connectivity index (χ3n) is 8.16.